The molecule has 0 saturated heterocycles. The highest BCUT2D eigenvalue weighted by Gasteiger charge is 2.08. The van der Waals surface area contributed by atoms with Crippen molar-refractivity contribution in [2.45, 2.75) is 34.2 Å². The van der Waals surface area contributed by atoms with E-state index in [0.717, 1.165) is 21.6 Å². The molecule has 0 amide bonds. The third kappa shape index (κ3) is 2.44. The van der Waals surface area contributed by atoms with Crippen molar-refractivity contribution in [3.63, 3.8) is 0 Å². The first-order chi connectivity index (χ1) is 7.63. The minimum absolute atomic E-state index is 0.810. The average Bonchev–Trinajstić information content (AvgIpc) is 2.59. The Bertz CT molecular complexity index is 488. The molecule has 0 fully saturated rings. The summed E-state index contributed by atoms with van der Waals surface area (Å²) in [5, 5.41) is 2.04. The Morgan fingerprint density at radius 3 is 2.50 bits per heavy atom. The molecule has 0 aliphatic rings. The first-order valence-corrected chi connectivity index (χ1v) is 6.75. The van der Waals surface area contributed by atoms with Crippen molar-refractivity contribution in [3.8, 4) is 0 Å². The van der Waals surface area contributed by atoms with E-state index in [1.165, 1.54) is 10.9 Å². The van der Waals surface area contributed by atoms with Gasteiger partial charge < -0.3 is 4.57 Å². The van der Waals surface area contributed by atoms with Crippen LogP contribution in [0.25, 0.3) is 10.9 Å². The van der Waals surface area contributed by atoms with E-state index in [2.05, 4.69) is 46.6 Å². The van der Waals surface area contributed by atoms with Gasteiger partial charge in [-0.25, -0.2) is 0 Å². The lowest BCUT2D eigenvalue weighted by atomic mass is 10.2. The maximum atomic E-state index is 6.21. The largest absolute Gasteiger partial charge is 0.346 e. The predicted molar refractivity (Wildman–Crippen MR) is 76.4 cm³/mol. The van der Waals surface area contributed by atoms with Crippen molar-refractivity contribution >= 4 is 38.4 Å². The number of fused-ring (bicyclic) bond motifs is 1. The van der Waals surface area contributed by atoms with Crippen LogP contribution in [0.3, 0.4) is 0 Å². The molecule has 1 heterocycles. The quantitative estimate of drug-likeness (QED) is 0.663. The molecule has 2 rings (SSSR count). The summed E-state index contributed by atoms with van der Waals surface area (Å²) in [4.78, 5) is 0. The SMILES string of the molecule is CC.CCn1cc(C)c2cc(Br)cc(Cl)c21. The maximum Gasteiger partial charge on any atom is 0.0673 e. The van der Waals surface area contributed by atoms with Crippen LogP contribution in [0, 0.1) is 6.92 Å². The molecular weight excluding hydrogens is 286 g/mol. The van der Waals surface area contributed by atoms with Crippen LogP contribution < -0.4 is 0 Å². The monoisotopic (exact) mass is 301 g/mol. The minimum atomic E-state index is 0.810. The Labute approximate surface area is 111 Å². The average molecular weight is 303 g/mol. The summed E-state index contributed by atoms with van der Waals surface area (Å²) in [7, 11) is 0. The Morgan fingerprint density at radius 2 is 1.94 bits per heavy atom. The molecule has 1 aromatic heterocycles. The lowest BCUT2D eigenvalue weighted by Gasteiger charge is -2.03. The lowest BCUT2D eigenvalue weighted by Crippen LogP contribution is -1.91. The van der Waals surface area contributed by atoms with E-state index < -0.39 is 0 Å². The van der Waals surface area contributed by atoms with Crippen LogP contribution in [0.5, 0.6) is 0 Å². The summed E-state index contributed by atoms with van der Waals surface area (Å²) in [6.07, 6.45) is 2.14. The van der Waals surface area contributed by atoms with Gasteiger partial charge in [-0.2, -0.15) is 0 Å². The first kappa shape index (κ1) is 13.6. The zero-order valence-electron chi connectivity index (χ0n) is 10.1. The minimum Gasteiger partial charge on any atom is -0.346 e. The van der Waals surface area contributed by atoms with E-state index in [9.17, 15) is 0 Å². The summed E-state index contributed by atoms with van der Waals surface area (Å²) < 4.78 is 3.21. The van der Waals surface area contributed by atoms with Gasteiger partial charge in [-0.05, 0) is 31.5 Å². The fourth-order valence-electron chi connectivity index (χ4n) is 1.78. The van der Waals surface area contributed by atoms with Crippen molar-refractivity contribution in [2.75, 3.05) is 0 Å². The van der Waals surface area contributed by atoms with Crippen molar-refractivity contribution in [1.29, 1.82) is 0 Å². The number of rotatable bonds is 1. The van der Waals surface area contributed by atoms with Gasteiger partial charge in [-0.3, -0.25) is 0 Å². The Kier molecular flexibility index (Phi) is 4.88. The molecule has 1 nitrogen and oxygen atoms in total. The highest BCUT2D eigenvalue weighted by molar-refractivity contribution is 9.10. The number of halogens is 2. The molecule has 0 radical (unpaired) electrons. The van der Waals surface area contributed by atoms with E-state index in [1.54, 1.807) is 0 Å². The summed E-state index contributed by atoms with van der Waals surface area (Å²) in [5.41, 5.74) is 2.40. The van der Waals surface area contributed by atoms with Gasteiger partial charge in [0, 0.05) is 22.6 Å². The highest BCUT2D eigenvalue weighted by Crippen LogP contribution is 2.31. The molecule has 1 aromatic carbocycles. The Hall–Kier alpha value is -0.470. The van der Waals surface area contributed by atoms with Gasteiger partial charge >= 0.3 is 0 Å². The maximum absolute atomic E-state index is 6.21. The van der Waals surface area contributed by atoms with Gasteiger partial charge in [-0.15, -0.1) is 0 Å². The highest BCUT2D eigenvalue weighted by atomic mass is 79.9. The zero-order chi connectivity index (χ0) is 12.3. The second-order valence-electron chi connectivity index (χ2n) is 3.38. The molecule has 0 aliphatic heterocycles. The van der Waals surface area contributed by atoms with Crippen molar-refractivity contribution in [1.82, 2.24) is 4.57 Å². The summed E-state index contributed by atoms with van der Waals surface area (Å²) in [6.45, 7) is 9.18. The molecular formula is C13H17BrClN. The summed E-state index contributed by atoms with van der Waals surface area (Å²) in [6, 6.07) is 4.05. The summed E-state index contributed by atoms with van der Waals surface area (Å²) >= 11 is 9.66. The fraction of sp³-hybridized carbons (Fsp3) is 0.385. The zero-order valence-corrected chi connectivity index (χ0v) is 12.5. The van der Waals surface area contributed by atoms with Crippen LogP contribution in [0.2, 0.25) is 5.02 Å². The number of hydrogen-bond donors (Lipinski definition) is 0. The van der Waals surface area contributed by atoms with E-state index in [0.29, 0.717) is 0 Å². The number of nitrogens with zero attached hydrogens (tertiary/aromatic N) is 1. The molecule has 0 atom stereocenters. The topological polar surface area (TPSA) is 4.93 Å². The number of aromatic nitrogens is 1. The van der Waals surface area contributed by atoms with Crippen LogP contribution in [-0.2, 0) is 6.54 Å². The van der Waals surface area contributed by atoms with Crippen molar-refractivity contribution < 1.29 is 0 Å². The second kappa shape index (κ2) is 5.74. The fourth-order valence-corrected chi connectivity index (χ4v) is 2.69. The van der Waals surface area contributed by atoms with E-state index >= 15 is 0 Å². The number of aryl methyl sites for hydroxylation is 2. The van der Waals surface area contributed by atoms with Crippen molar-refractivity contribution in [3.05, 3.63) is 33.4 Å². The molecule has 0 aliphatic carbocycles. The van der Waals surface area contributed by atoms with E-state index in [-0.39, 0.29) is 0 Å². The van der Waals surface area contributed by atoms with Gasteiger partial charge in [0.1, 0.15) is 0 Å². The molecule has 3 heteroatoms. The normalized spacial score (nSPS) is 10.1. The molecule has 16 heavy (non-hydrogen) atoms. The molecule has 0 bridgehead atoms. The third-order valence-electron chi connectivity index (χ3n) is 2.43. The van der Waals surface area contributed by atoms with Gasteiger partial charge in [-0.1, -0.05) is 41.4 Å². The summed E-state index contributed by atoms with van der Waals surface area (Å²) in [5.74, 6) is 0. The van der Waals surface area contributed by atoms with Crippen LogP contribution in [0.4, 0.5) is 0 Å². The van der Waals surface area contributed by atoms with Gasteiger partial charge in [0.2, 0.25) is 0 Å². The molecule has 0 saturated carbocycles. The Balaban J connectivity index is 0.000000606. The molecule has 0 unspecified atom stereocenters. The second-order valence-corrected chi connectivity index (χ2v) is 4.70. The number of benzene rings is 1. The smallest absolute Gasteiger partial charge is 0.0673 e. The molecule has 2 aromatic rings. The molecule has 88 valence electrons. The molecule has 0 N–H and O–H groups in total. The van der Waals surface area contributed by atoms with Crippen LogP contribution >= 0.6 is 27.5 Å². The van der Waals surface area contributed by atoms with Crippen molar-refractivity contribution in [2.24, 2.45) is 0 Å². The van der Waals surface area contributed by atoms with Crippen LogP contribution in [-0.4, -0.2) is 4.57 Å². The van der Waals surface area contributed by atoms with Gasteiger partial charge in [0.25, 0.3) is 0 Å². The third-order valence-corrected chi connectivity index (χ3v) is 3.18. The number of hydrogen-bond acceptors (Lipinski definition) is 0. The lowest BCUT2D eigenvalue weighted by molar-refractivity contribution is 0.795. The molecule has 0 spiro atoms. The van der Waals surface area contributed by atoms with Gasteiger partial charge in [0.05, 0.1) is 10.5 Å². The van der Waals surface area contributed by atoms with Crippen LogP contribution in [0.15, 0.2) is 22.8 Å². The predicted octanol–water partition coefficient (Wildman–Crippen LogP) is 5.41. The van der Waals surface area contributed by atoms with E-state index in [4.69, 9.17) is 11.6 Å². The van der Waals surface area contributed by atoms with Gasteiger partial charge in [0.15, 0.2) is 0 Å². The van der Waals surface area contributed by atoms with Crippen LogP contribution in [0.1, 0.15) is 26.3 Å². The Morgan fingerprint density at radius 1 is 1.31 bits per heavy atom. The first-order valence-electron chi connectivity index (χ1n) is 5.58. The van der Waals surface area contributed by atoms with E-state index in [1.807, 2.05) is 19.9 Å². The standard InChI is InChI=1S/C11H11BrClN.C2H6/c1-3-14-6-7(2)9-4-8(12)5-10(13)11(9)14;1-2/h4-6H,3H2,1-2H3;1-2H3.